The van der Waals surface area contributed by atoms with Crippen molar-refractivity contribution >= 4 is 17.5 Å². The molecule has 0 aliphatic heterocycles. The van der Waals surface area contributed by atoms with Gasteiger partial charge in [-0.05, 0) is 55.2 Å². The Morgan fingerprint density at radius 3 is 2.45 bits per heavy atom. The zero-order valence-electron chi connectivity index (χ0n) is 17.0. The van der Waals surface area contributed by atoms with Crippen LogP contribution in [0.3, 0.4) is 0 Å². The summed E-state index contributed by atoms with van der Waals surface area (Å²) in [6.45, 7) is 2.58. The van der Waals surface area contributed by atoms with Crippen molar-refractivity contribution in [1.82, 2.24) is 5.32 Å². The number of hydrogen-bond acceptors (Lipinski definition) is 2. The second-order valence-electron chi connectivity index (χ2n) is 7.79. The van der Waals surface area contributed by atoms with Crippen molar-refractivity contribution in [3.63, 3.8) is 0 Å². The Morgan fingerprint density at radius 1 is 1.07 bits per heavy atom. The van der Waals surface area contributed by atoms with E-state index in [4.69, 9.17) is 0 Å². The van der Waals surface area contributed by atoms with Crippen molar-refractivity contribution in [2.45, 2.75) is 45.4 Å². The van der Waals surface area contributed by atoms with Crippen molar-refractivity contribution in [3.8, 4) is 0 Å². The van der Waals surface area contributed by atoms with Crippen LogP contribution in [0.5, 0.6) is 0 Å². The molecule has 29 heavy (non-hydrogen) atoms. The molecule has 0 unspecified atom stereocenters. The SMILES string of the molecule is Cc1ccccc1C(=O)N(CCNC(=O)CCC1CCCC1)c1ccc(F)cc1. The number of aryl methyl sites for hydroxylation is 1. The first-order valence-corrected chi connectivity index (χ1v) is 10.4. The molecule has 0 radical (unpaired) electrons. The first-order chi connectivity index (χ1) is 14.0. The van der Waals surface area contributed by atoms with E-state index in [2.05, 4.69) is 5.32 Å². The first kappa shape index (κ1) is 21.0. The van der Waals surface area contributed by atoms with Crippen molar-refractivity contribution in [1.29, 1.82) is 0 Å². The van der Waals surface area contributed by atoms with Crippen LogP contribution >= 0.6 is 0 Å². The van der Waals surface area contributed by atoms with Gasteiger partial charge in [0.2, 0.25) is 5.91 Å². The largest absolute Gasteiger partial charge is 0.354 e. The summed E-state index contributed by atoms with van der Waals surface area (Å²) in [4.78, 5) is 26.9. The van der Waals surface area contributed by atoms with E-state index < -0.39 is 0 Å². The molecule has 1 aliphatic carbocycles. The number of carbonyl (C=O) groups is 2. The number of anilines is 1. The van der Waals surface area contributed by atoms with E-state index in [9.17, 15) is 14.0 Å². The summed E-state index contributed by atoms with van der Waals surface area (Å²) < 4.78 is 13.3. The van der Waals surface area contributed by atoms with E-state index in [-0.39, 0.29) is 17.6 Å². The lowest BCUT2D eigenvalue weighted by molar-refractivity contribution is -0.121. The third-order valence-corrected chi connectivity index (χ3v) is 5.67. The predicted octanol–water partition coefficient (Wildman–Crippen LogP) is 4.87. The van der Waals surface area contributed by atoms with Gasteiger partial charge in [-0.15, -0.1) is 0 Å². The summed E-state index contributed by atoms with van der Waals surface area (Å²) in [5, 5.41) is 2.93. The zero-order chi connectivity index (χ0) is 20.6. The maximum atomic E-state index is 13.3. The van der Waals surface area contributed by atoms with Gasteiger partial charge in [0.1, 0.15) is 5.82 Å². The molecule has 0 aromatic heterocycles. The van der Waals surface area contributed by atoms with E-state index in [1.807, 2.05) is 25.1 Å². The van der Waals surface area contributed by atoms with Crippen molar-refractivity contribution < 1.29 is 14.0 Å². The van der Waals surface area contributed by atoms with E-state index in [1.165, 1.54) is 37.8 Å². The van der Waals surface area contributed by atoms with Crippen LogP contribution in [0, 0.1) is 18.7 Å². The highest BCUT2D eigenvalue weighted by Crippen LogP contribution is 2.28. The average Bonchev–Trinajstić information content (AvgIpc) is 3.24. The summed E-state index contributed by atoms with van der Waals surface area (Å²) in [5.74, 6) is 0.200. The summed E-state index contributed by atoms with van der Waals surface area (Å²) >= 11 is 0. The molecule has 4 nitrogen and oxygen atoms in total. The minimum atomic E-state index is -0.350. The Balaban J connectivity index is 1.62. The van der Waals surface area contributed by atoms with Crippen LogP contribution < -0.4 is 10.2 Å². The van der Waals surface area contributed by atoms with Gasteiger partial charge in [-0.3, -0.25) is 9.59 Å². The smallest absolute Gasteiger partial charge is 0.258 e. The topological polar surface area (TPSA) is 49.4 Å². The minimum Gasteiger partial charge on any atom is -0.354 e. The van der Waals surface area contributed by atoms with Crippen LogP contribution in [-0.4, -0.2) is 24.9 Å². The predicted molar refractivity (Wildman–Crippen MR) is 113 cm³/mol. The molecule has 1 saturated carbocycles. The summed E-state index contributed by atoms with van der Waals surface area (Å²) in [7, 11) is 0. The first-order valence-electron chi connectivity index (χ1n) is 10.4. The lowest BCUT2D eigenvalue weighted by Gasteiger charge is -2.24. The summed E-state index contributed by atoms with van der Waals surface area (Å²) in [6.07, 6.45) is 6.50. The number of nitrogens with one attached hydrogen (secondary N) is 1. The number of amides is 2. The van der Waals surface area contributed by atoms with Crippen LogP contribution in [0.2, 0.25) is 0 Å². The van der Waals surface area contributed by atoms with Gasteiger partial charge in [-0.2, -0.15) is 0 Å². The van der Waals surface area contributed by atoms with Gasteiger partial charge in [0.05, 0.1) is 0 Å². The standard InChI is InChI=1S/C24H29FN2O2/c1-18-6-2-5-9-22(18)24(29)27(21-13-11-20(25)12-14-21)17-16-26-23(28)15-10-19-7-3-4-8-19/h2,5-6,9,11-14,19H,3-4,7-8,10,15-17H2,1H3,(H,26,28). The van der Waals surface area contributed by atoms with E-state index in [0.29, 0.717) is 36.7 Å². The van der Waals surface area contributed by atoms with Crippen LogP contribution in [0.1, 0.15) is 54.4 Å². The highest BCUT2D eigenvalue weighted by Gasteiger charge is 2.20. The van der Waals surface area contributed by atoms with E-state index in [0.717, 1.165) is 12.0 Å². The number of hydrogen-bond donors (Lipinski definition) is 1. The number of benzene rings is 2. The maximum Gasteiger partial charge on any atom is 0.258 e. The molecule has 2 aromatic rings. The normalized spacial score (nSPS) is 14.0. The molecule has 2 amide bonds. The van der Waals surface area contributed by atoms with Gasteiger partial charge >= 0.3 is 0 Å². The lowest BCUT2D eigenvalue weighted by atomic mass is 10.0. The fourth-order valence-corrected chi connectivity index (χ4v) is 3.96. The quantitative estimate of drug-likeness (QED) is 0.692. The Bertz CT molecular complexity index is 829. The fraction of sp³-hybridized carbons (Fsp3) is 0.417. The summed E-state index contributed by atoms with van der Waals surface area (Å²) in [6, 6.07) is 13.3. The minimum absolute atomic E-state index is 0.0271. The molecule has 0 saturated heterocycles. The third kappa shape index (κ3) is 5.89. The van der Waals surface area contributed by atoms with Crippen molar-refractivity contribution in [3.05, 3.63) is 65.5 Å². The fourth-order valence-electron chi connectivity index (χ4n) is 3.96. The lowest BCUT2D eigenvalue weighted by Crippen LogP contribution is -2.39. The zero-order valence-corrected chi connectivity index (χ0v) is 17.0. The molecule has 1 aliphatic rings. The molecule has 0 bridgehead atoms. The van der Waals surface area contributed by atoms with Gasteiger partial charge in [-0.25, -0.2) is 4.39 Å². The maximum absolute atomic E-state index is 13.3. The number of nitrogens with zero attached hydrogens (tertiary/aromatic N) is 1. The molecular weight excluding hydrogens is 367 g/mol. The van der Waals surface area contributed by atoms with Crippen LogP contribution in [0.25, 0.3) is 0 Å². The van der Waals surface area contributed by atoms with Gasteiger partial charge < -0.3 is 10.2 Å². The monoisotopic (exact) mass is 396 g/mol. The molecule has 1 N–H and O–H groups in total. The molecule has 2 aromatic carbocycles. The molecule has 0 heterocycles. The van der Waals surface area contributed by atoms with E-state index in [1.54, 1.807) is 23.1 Å². The number of halogens is 1. The highest BCUT2D eigenvalue weighted by atomic mass is 19.1. The van der Waals surface area contributed by atoms with Gasteiger partial charge in [0.25, 0.3) is 5.91 Å². The van der Waals surface area contributed by atoms with Gasteiger partial charge in [0, 0.05) is 30.8 Å². The van der Waals surface area contributed by atoms with E-state index >= 15 is 0 Å². The Kier molecular flexibility index (Phi) is 7.39. The van der Waals surface area contributed by atoms with Gasteiger partial charge in [-0.1, -0.05) is 43.9 Å². The number of carbonyl (C=O) groups excluding carboxylic acids is 2. The highest BCUT2D eigenvalue weighted by molar-refractivity contribution is 6.07. The second-order valence-corrected chi connectivity index (χ2v) is 7.79. The second kappa shape index (κ2) is 10.2. The number of rotatable bonds is 8. The third-order valence-electron chi connectivity index (χ3n) is 5.67. The van der Waals surface area contributed by atoms with Gasteiger partial charge in [0.15, 0.2) is 0 Å². The summed E-state index contributed by atoms with van der Waals surface area (Å²) in [5.41, 5.74) is 2.09. The molecular formula is C24H29FN2O2. The van der Waals surface area contributed by atoms with Crippen molar-refractivity contribution in [2.24, 2.45) is 5.92 Å². The molecule has 0 spiro atoms. The molecule has 5 heteroatoms. The Morgan fingerprint density at radius 2 is 1.76 bits per heavy atom. The Labute approximate surface area is 172 Å². The molecule has 154 valence electrons. The average molecular weight is 397 g/mol. The van der Waals surface area contributed by atoms with Crippen molar-refractivity contribution in [2.75, 3.05) is 18.0 Å². The molecule has 1 fully saturated rings. The molecule has 3 rings (SSSR count). The molecule has 0 atom stereocenters. The van der Waals surface area contributed by atoms with Crippen LogP contribution in [-0.2, 0) is 4.79 Å². The van der Waals surface area contributed by atoms with Crippen LogP contribution in [0.15, 0.2) is 48.5 Å². The van der Waals surface area contributed by atoms with Crippen LogP contribution in [0.4, 0.5) is 10.1 Å². The Hall–Kier alpha value is -2.69.